The first kappa shape index (κ1) is 21.1. The molecule has 1 saturated heterocycles. The summed E-state index contributed by atoms with van der Waals surface area (Å²) in [6.07, 6.45) is 3.03. The number of rotatable bonds is 6. The second kappa shape index (κ2) is 8.94. The van der Waals surface area contributed by atoms with Crippen LogP contribution in [0, 0.1) is 11.6 Å². The molecule has 0 unspecified atom stereocenters. The maximum Gasteiger partial charge on any atom is 0.263 e. The molecule has 1 fully saturated rings. The minimum Gasteiger partial charge on any atom is -0.354 e. The largest absolute Gasteiger partial charge is 0.354 e. The molecule has 3 aromatic rings. The van der Waals surface area contributed by atoms with Gasteiger partial charge in [0, 0.05) is 51.2 Å². The molecule has 1 aliphatic rings. The van der Waals surface area contributed by atoms with Crippen LogP contribution in [0.15, 0.2) is 65.8 Å². The molecule has 10 heteroatoms. The van der Waals surface area contributed by atoms with Crippen LogP contribution in [0.1, 0.15) is 5.69 Å². The highest BCUT2D eigenvalue weighted by atomic mass is 32.2. The van der Waals surface area contributed by atoms with Gasteiger partial charge in [0.15, 0.2) is 0 Å². The van der Waals surface area contributed by atoms with Gasteiger partial charge >= 0.3 is 0 Å². The molecule has 0 amide bonds. The van der Waals surface area contributed by atoms with Crippen LogP contribution in [-0.4, -0.2) is 49.5 Å². The first-order valence-corrected chi connectivity index (χ1v) is 11.2. The first-order chi connectivity index (χ1) is 14.9. The maximum atomic E-state index is 13.3. The number of nitrogens with zero attached hydrogens (tertiary/aromatic N) is 4. The third-order valence-electron chi connectivity index (χ3n) is 4.95. The van der Waals surface area contributed by atoms with E-state index < -0.39 is 21.7 Å². The molecule has 1 aromatic carbocycles. The van der Waals surface area contributed by atoms with Gasteiger partial charge in [0.2, 0.25) is 0 Å². The Hall–Kier alpha value is -3.11. The SMILES string of the molecule is O=S(=O)(Nc1cc(F)cc(F)c1)c1ccc(N2CCN(Cc3ccccn3)CC2)nc1. The van der Waals surface area contributed by atoms with Crippen LogP contribution in [0.3, 0.4) is 0 Å². The zero-order chi connectivity index (χ0) is 21.8. The Balaban J connectivity index is 1.38. The topological polar surface area (TPSA) is 78.4 Å². The molecule has 0 radical (unpaired) electrons. The van der Waals surface area contributed by atoms with Crippen molar-refractivity contribution in [1.82, 2.24) is 14.9 Å². The third-order valence-corrected chi connectivity index (χ3v) is 6.32. The lowest BCUT2D eigenvalue weighted by Crippen LogP contribution is -2.46. The van der Waals surface area contributed by atoms with Crippen LogP contribution >= 0.6 is 0 Å². The molecule has 162 valence electrons. The normalized spacial score (nSPS) is 15.1. The van der Waals surface area contributed by atoms with E-state index in [1.54, 1.807) is 12.3 Å². The molecule has 0 atom stereocenters. The van der Waals surface area contributed by atoms with E-state index in [4.69, 9.17) is 0 Å². The predicted octanol–water partition coefficient (Wildman–Crippen LogP) is 2.88. The number of sulfonamides is 1. The summed E-state index contributed by atoms with van der Waals surface area (Å²) >= 11 is 0. The molecule has 1 N–H and O–H groups in total. The molecule has 7 nitrogen and oxygen atoms in total. The van der Waals surface area contributed by atoms with Crippen LogP contribution in [-0.2, 0) is 16.6 Å². The van der Waals surface area contributed by atoms with Crippen molar-refractivity contribution >= 4 is 21.5 Å². The number of nitrogens with one attached hydrogen (secondary N) is 1. The van der Waals surface area contributed by atoms with Gasteiger partial charge in [0.25, 0.3) is 10.0 Å². The van der Waals surface area contributed by atoms with Gasteiger partial charge in [-0.2, -0.15) is 0 Å². The Kier molecular flexibility index (Phi) is 6.10. The van der Waals surface area contributed by atoms with Gasteiger partial charge < -0.3 is 4.90 Å². The quantitative estimate of drug-likeness (QED) is 0.629. The van der Waals surface area contributed by atoms with Crippen molar-refractivity contribution < 1.29 is 17.2 Å². The smallest absolute Gasteiger partial charge is 0.263 e. The summed E-state index contributed by atoms with van der Waals surface area (Å²) in [7, 11) is -4.02. The predicted molar refractivity (Wildman–Crippen MR) is 113 cm³/mol. The highest BCUT2D eigenvalue weighted by Crippen LogP contribution is 2.21. The summed E-state index contributed by atoms with van der Waals surface area (Å²) in [6, 6.07) is 11.4. The summed E-state index contributed by atoms with van der Waals surface area (Å²) in [5, 5.41) is 0. The Morgan fingerprint density at radius 1 is 0.935 bits per heavy atom. The fourth-order valence-corrected chi connectivity index (χ4v) is 4.39. The molecule has 3 heterocycles. The molecule has 0 aliphatic carbocycles. The molecule has 2 aromatic heterocycles. The Morgan fingerprint density at radius 2 is 1.68 bits per heavy atom. The van der Waals surface area contributed by atoms with Crippen LogP contribution in [0.25, 0.3) is 0 Å². The van der Waals surface area contributed by atoms with E-state index in [9.17, 15) is 17.2 Å². The first-order valence-electron chi connectivity index (χ1n) is 9.71. The number of aromatic nitrogens is 2. The minimum absolute atomic E-state index is 0.0882. The van der Waals surface area contributed by atoms with Gasteiger partial charge in [-0.05, 0) is 36.4 Å². The molecule has 31 heavy (non-hydrogen) atoms. The standard InChI is InChI=1S/C21H21F2N5O2S/c22-16-11-17(23)13-19(12-16)26-31(29,30)20-4-5-21(25-14-20)28-9-7-27(8-10-28)15-18-3-1-2-6-24-18/h1-6,11-14,26H,7-10,15H2. The van der Waals surface area contributed by atoms with Crippen LogP contribution in [0.5, 0.6) is 0 Å². The van der Waals surface area contributed by atoms with Gasteiger partial charge in [0.1, 0.15) is 22.3 Å². The summed E-state index contributed by atoms with van der Waals surface area (Å²) in [6.45, 7) is 3.97. The lowest BCUT2D eigenvalue weighted by atomic mass is 10.2. The molecular formula is C21H21F2N5O2S. The molecular weight excluding hydrogens is 424 g/mol. The number of hydrogen-bond acceptors (Lipinski definition) is 6. The van der Waals surface area contributed by atoms with Crippen molar-refractivity contribution in [2.45, 2.75) is 11.4 Å². The Labute approximate surface area is 179 Å². The van der Waals surface area contributed by atoms with Crippen molar-refractivity contribution in [3.8, 4) is 0 Å². The van der Waals surface area contributed by atoms with Crippen LogP contribution in [0.4, 0.5) is 20.3 Å². The fourth-order valence-electron chi connectivity index (χ4n) is 3.40. The average Bonchev–Trinajstić information content (AvgIpc) is 2.74. The van der Waals surface area contributed by atoms with E-state index in [1.807, 2.05) is 18.2 Å². The maximum absolute atomic E-state index is 13.3. The van der Waals surface area contributed by atoms with Crippen LogP contribution in [0.2, 0.25) is 0 Å². The van der Waals surface area contributed by atoms with Crippen molar-refractivity contribution in [3.63, 3.8) is 0 Å². The molecule has 4 rings (SSSR count). The lowest BCUT2D eigenvalue weighted by molar-refractivity contribution is 0.246. The Morgan fingerprint density at radius 3 is 2.29 bits per heavy atom. The molecule has 1 aliphatic heterocycles. The van der Waals surface area contributed by atoms with E-state index >= 15 is 0 Å². The summed E-state index contributed by atoms with van der Waals surface area (Å²) in [5.41, 5.74) is 0.833. The van der Waals surface area contributed by atoms with E-state index in [-0.39, 0.29) is 10.6 Å². The number of anilines is 2. The highest BCUT2D eigenvalue weighted by molar-refractivity contribution is 7.92. The van der Waals surface area contributed by atoms with Crippen molar-refractivity contribution in [2.24, 2.45) is 0 Å². The lowest BCUT2D eigenvalue weighted by Gasteiger charge is -2.35. The van der Waals surface area contributed by atoms with Crippen molar-refractivity contribution in [1.29, 1.82) is 0 Å². The molecule has 0 spiro atoms. The van der Waals surface area contributed by atoms with E-state index in [2.05, 4.69) is 24.5 Å². The monoisotopic (exact) mass is 445 g/mol. The second-order valence-electron chi connectivity index (χ2n) is 7.20. The van der Waals surface area contributed by atoms with Gasteiger partial charge in [-0.15, -0.1) is 0 Å². The Bertz CT molecular complexity index is 1120. The second-order valence-corrected chi connectivity index (χ2v) is 8.88. The average molecular weight is 445 g/mol. The summed E-state index contributed by atoms with van der Waals surface area (Å²) < 4.78 is 53.8. The highest BCUT2D eigenvalue weighted by Gasteiger charge is 2.20. The number of pyridine rings is 2. The van der Waals surface area contributed by atoms with Gasteiger partial charge in [-0.1, -0.05) is 6.07 Å². The number of hydrogen-bond donors (Lipinski definition) is 1. The van der Waals surface area contributed by atoms with E-state index in [0.717, 1.165) is 50.6 Å². The zero-order valence-electron chi connectivity index (χ0n) is 16.6. The van der Waals surface area contributed by atoms with Gasteiger partial charge in [0.05, 0.1) is 11.4 Å². The fraction of sp³-hybridized carbons (Fsp3) is 0.238. The minimum atomic E-state index is -4.02. The van der Waals surface area contributed by atoms with Gasteiger partial charge in [-0.25, -0.2) is 22.2 Å². The molecule has 0 bridgehead atoms. The van der Waals surface area contributed by atoms with E-state index in [1.165, 1.54) is 12.3 Å². The zero-order valence-corrected chi connectivity index (χ0v) is 17.4. The van der Waals surface area contributed by atoms with Crippen molar-refractivity contribution in [3.05, 3.63) is 78.3 Å². The third kappa shape index (κ3) is 5.33. The number of benzene rings is 1. The summed E-state index contributed by atoms with van der Waals surface area (Å²) in [4.78, 5) is 12.9. The number of halogens is 2. The van der Waals surface area contributed by atoms with Gasteiger partial charge in [-0.3, -0.25) is 14.6 Å². The van der Waals surface area contributed by atoms with Crippen molar-refractivity contribution in [2.75, 3.05) is 35.8 Å². The summed E-state index contributed by atoms with van der Waals surface area (Å²) in [5.74, 6) is -1.06. The number of piperazine rings is 1. The molecule has 0 saturated carbocycles. The van der Waals surface area contributed by atoms with Crippen LogP contribution < -0.4 is 9.62 Å². The van der Waals surface area contributed by atoms with E-state index in [0.29, 0.717) is 11.9 Å².